The largest absolute Gasteiger partial charge is 0.376 e. The summed E-state index contributed by atoms with van der Waals surface area (Å²) >= 11 is 18.3. The summed E-state index contributed by atoms with van der Waals surface area (Å²) in [5, 5.41) is 13.0. The van der Waals surface area contributed by atoms with Gasteiger partial charge in [-0.25, -0.2) is 0 Å². The summed E-state index contributed by atoms with van der Waals surface area (Å²) in [6.45, 7) is 0. The second kappa shape index (κ2) is 7.73. The molecule has 0 bridgehead atoms. The highest BCUT2D eigenvalue weighted by Crippen LogP contribution is 2.40. The average Bonchev–Trinajstić information content (AvgIpc) is 2.55. The molecular formula is C18H13Cl4NO. The molecule has 1 heterocycles. The van der Waals surface area contributed by atoms with Gasteiger partial charge in [-0.15, -0.1) is 12.4 Å². The van der Waals surface area contributed by atoms with Crippen LogP contribution in [0, 0.1) is 0 Å². The lowest BCUT2D eigenvalue weighted by molar-refractivity contribution is 0.125. The van der Waals surface area contributed by atoms with E-state index >= 15 is 0 Å². The lowest BCUT2D eigenvalue weighted by Crippen LogP contribution is -2.29. The van der Waals surface area contributed by atoms with Crippen molar-refractivity contribution >= 4 is 47.2 Å². The maximum Gasteiger partial charge on any atom is 0.143 e. The Morgan fingerprint density at radius 1 is 0.833 bits per heavy atom. The van der Waals surface area contributed by atoms with E-state index in [-0.39, 0.29) is 12.4 Å². The van der Waals surface area contributed by atoms with Gasteiger partial charge in [0.15, 0.2) is 0 Å². The van der Waals surface area contributed by atoms with E-state index in [4.69, 9.17) is 34.8 Å². The van der Waals surface area contributed by atoms with Crippen LogP contribution in [0.2, 0.25) is 15.1 Å². The molecule has 24 heavy (non-hydrogen) atoms. The number of nitrogens with zero attached hydrogens (tertiary/aromatic N) is 1. The lowest BCUT2D eigenvalue weighted by Gasteiger charge is -2.30. The van der Waals surface area contributed by atoms with E-state index in [9.17, 15) is 5.11 Å². The van der Waals surface area contributed by atoms with Crippen molar-refractivity contribution in [3.63, 3.8) is 0 Å². The maximum atomic E-state index is 11.6. The van der Waals surface area contributed by atoms with Gasteiger partial charge in [0.2, 0.25) is 0 Å². The average molecular weight is 401 g/mol. The van der Waals surface area contributed by atoms with Crippen molar-refractivity contribution in [3.8, 4) is 0 Å². The van der Waals surface area contributed by atoms with Gasteiger partial charge in [0, 0.05) is 38.6 Å². The van der Waals surface area contributed by atoms with E-state index in [1.165, 1.54) is 0 Å². The Bertz CT molecular complexity index is 824. The van der Waals surface area contributed by atoms with Crippen LogP contribution < -0.4 is 0 Å². The molecule has 1 unspecified atom stereocenters. The first-order valence-corrected chi connectivity index (χ1v) is 7.99. The molecular weight excluding hydrogens is 388 g/mol. The molecule has 3 rings (SSSR count). The monoisotopic (exact) mass is 399 g/mol. The van der Waals surface area contributed by atoms with Gasteiger partial charge in [-0.05, 0) is 35.9 Å². The van der Waals surface area contributed by atoms with E-state index in [0.29, 0.717) is 31.8 Å². The zero-order valence-corrected chi connectivity index (χ0v) is 15.4. The van der Waals surface area contributed by atoms with Gasteiger partial charge in [0.25, 0.3) is 0 Å². The predicted molar refractivity (Wildman–Crippen MR) is 101 cm³/mol. The Morgan fingerprint density at radius 2 is 1.50 bits per heavy atom. The molecule has 2 nitrogen and oxygen atoms in total. The van der Waals surface area contributed by atoms with Crippen LogP contribution in [0.5, 0.6) is 0 Å². The molecule has 1 atom stereocenters. The molecule has 2 aromatic carbocycles. The zero-order valence-electron chi connectivity index (χ0n) is 12.3. The molecule has 1 N–H and O–H groups in total. The Hall–Kier alpha value is -1.29. The number of benzene rings is 2. The Balaban J connectivity index is 0.00000208. The van der Waals surface area contributed by atoms with Crippen LogP contribution >= 0.6 is 47.2 Å². The molecule has 0 aliphatic carbocycles. The third kappa shape index (κ3) is 3.53. The molecule has 0 spiro atoms. The van der Waals surface area contributed by atoms with Gasteiger partial charge >= 0.3 is 0 Å². The van der Waals surface area contributed by atoms with Gasteiger partial charge < -0.3 is 5.11 Å². The summed E-state index contributed by atoms with van der Waals surface area (Å²) in [5.41, 5.74) is 0.310. The number of pyridine rings is 1. The van der Waals surface area contributed by atoms with E-state index in [2.05, 4.69) is 4.98 Å². The molecule has 6 heteroatoms. The molecule has 0 amide bonds. The standard InChI is InChI=1S/C18H12Cl3NO.ClH/c19-14-5-3-12(4-6-14)18(23,13-2-1-9-22-11-13)16-8-7-15(20)10-17(16)21;/h1-11,23H;1H. The van der Waals surface area contributed by atoms with Crippen LogP contribution in [0.3, 0.4) is 0 Å². The summed E-state index contributed by atoms with van der Waals surface area (Å²) in [6, 6.07) is 15.6. The van der Waals surface area contributed by atoms with E-state index in [1.807, 2.05) is 0 Å². The highest BCUT2D eigenvalue weighted by Gasteiger charge is 2.36. The van der Waals surface area contributed by atoms with Crippen molar-refractivity contribution in [2.75, 3.05) is 0 Å². The van der Waals surface area contributed by atoms with Crippen molar-refractivity contribution in [1.29, 1.82) is 0 Å². The number of aliphatic hydroxyl groups is 1. The van der Waals surface area contributed by atoms with Crippen LogP contribution in [-0.2, 0) is 5.60 Å². The van der Waals surface area contributed by atoms with Crippen molar-refractivity contribution in [3.05, 3.63) is 98.7 Å². The Kier molecular flexibility index (Phi) is 6.13. The van der Waals surface area contributed by atoms with Crippen molar-refractivity contribution < 1.29 is 5.11 Å². The zero-order chi connectivity index (χ0) is 16.4. The Labute approximate surface area is 161 Å². The fourth-order valence-corrected chi connectivity index (χ4v) is 3.20. The SMILES string of the molecule is Cl.OC(c1ccc(Cl)cc1)(c1cccnc1)c1ccc(Cl)cc1Cl. The van der Waals surface area contributed by atoms with E-state index in [0.717, 1.165) is 0 Å². The topological polar surface area (TPSA) is 33.1 Å². The van der Waals surface area contributed by atoms with Crippen LogP contribution in [0.4, 0.5) is 0 Å². The molecule has 0 saturated heterocycles. The number of hydrogen-bond acceptors (Lipinski definition) is 2. The molecule has 0 saturated carbocycles. The molecule has 0 aliphatic heterocycles. The van der Waals surface area contributed by atoms with E-state index < -0.39 is 5.60 Å². The third-order valence-electron chi connectivity index (χ3n) is 3.66. The minimum atomic E-state index is -1.46. The molecule has 0 fully saturated rings. The quantitative estimate of drug-likeness (QED) is 0.607. The molecule has 1 aromatic heterocycles. The fourth-order valence-electron chi connectivity index (χ4n) is 2.53. The first-order chi connectivity index (χ1) is 11.0. The predicted octanol–water partition coefficient (Wildman–Crippen LogP) is 5.75. The number of rotatable bonds is 3. The minimum absolute atomic E-state index is 0. The molecule has 3 aromatic rings. The number of hydrogen-bond donors (Lipinski definition) is 1. The van der Waals surface area contributed by atoms with Gasteiger partial charge in [-0.2, -0.15) is 0 Å². The second-order valence-corrected chi connectivity index (χ2v) is 6.36. The first kappa shape index (κ1) is 19.0. The van der Waals surface area contributed by atoms with Gasteiger partial charge in [0.1, 0.15) is 5.60 Å². The smallest absolute Gasteiger partial charge is 0.143 e. The normalized spacial score (nSPS) is 13.0. The fraction of sp³-hybridized carbons (Fsp3) is 0.0556. The van der Waals surface area contributed by atoms with Gasteiger partial charge in [0.05, 0.1) is 0 Å². The molecule has 0 radical (unpaired) electrons. The molecule has 0 aliphatic rings. The maximum absolute atomic E-state index is 11.6. The van der Waals surface area contributed by atoms with Crippen LogP contribution in [0.15, 0.2) is 67.0 Å². The number of halogens is 4. The van der Waals surface area contributed by atoms with Crippen molar-refractivity contribution in [2.45, 2.75) is 5.60 Å². The first-order valence-electron chi connectivity index (χ1n) is 6.86. The molecule has 124 valence electrons. The summed E-state index contributed by atoms with van der Waals surface area (Å²) in [4.78, 5) is 4.11. The second-order valence-electron chi connectivity index (χ2n) is 5.08. The van der Waals surface area contributed by atoms with Crippen LogP contribution in [0.25, 0.3) is 0 Å². The third-order valence-corrected chi connectivity index (χ3v) is 4.46. The summed E-state index contributed by atoms with van der Waals surface area (Å²) in [7, 11) is 0. The minimum Gasteiger partial charge on any atom is -0.376 e. The summed E-state index contributed by atoms with van der Waals surface area (Å²) < 4.78 is 0. The highest BCUT2D eigenvalue weighted by molar-refractivity contribution is 6.35. The van der Waals surface area contributed by atoms with Gasteiger partial charge in [-0.1, -0.05) is 59.1 Å². The summed E-state index contributed by atoms with van der Waals surface area (Å²) in [5.74, 6) is 0. The lowest BCUT2D eigenvalue weighted by atomic mass is 9.81. The van der Waals surface area contributed by atoms with Crippen molar-refractivity contribution in [1.82, 2.24) is 4.98 Å². The van der Waals surface area contributed by atoms with Crippen LogP contribution in [0.1, 0.15) is 16.7 Å². The van der Waals surface area contributed by atoms with Gasteiger partial charge in [-0.3, -0.25) is 4.98 Å². The van der Waals surface area contributed by atoms with Crippen LogP contribution in [-0.4, -0.2) is 10.1 Å². The summed E-state index contributed by atoms with van der Waals surface area (Å²) in [6.07, 6.45) is 3.26. The Morgan fingerprint density at radius 3 is 2.08 bits per heavy atom. The van der Waals surface area contributed by atoms with E-state index in [1.54, 1.807) is 67.0 Å². The number of aromatic nitrogens is 1. The highest BCUT2D eigenvalue weighted by atomic mass is 35.5. The van der Waals surface area contributed by atoms with Crippen molar-refractivity contribution in [2.24, 2.45) is 0 Å².